The van der Waals surface area contributed by atoms with Crippen LogP contribution in [0.25, 0.3) is 12.2 Å². The number of hydrogen-bond acceptors (Lipinski definition) is 5. The fourth-order valence-electron chi connectivity index (χ4n) is 4.53. The van der Waals surface area contributed by atoms with E-state index in [9.17, 15) is 9.59 Å². The lowest BCUT2D eigenvalue weighted by Gasteiger charge is -2.29. The Kier molecular flexibility index (Phi) is 9.74. The van der Waals surface area contributed by atoms with Crippen LogP contribution in [0.15, 0.2) is 59.7 Å². The number of carbonyl (C=O) groups excluding carboxylic acids is 2. The molecule has 0 spiro atoms. The van der Waals surface area contributed by atoms with E-state index < -0.39 is 6.09 Å². The second-order valence-electron chi connectivity index (χ2n) is 8.75. The Morgan fingerprint density at radius 2 is 1.14 bits per heavy atom. The van der Waals surface area contributed by atoms with E-state index in [1.165, 1.54) is 0 Å². The molecule has 0 aromatic heterocycles. The van der Waals surface area contributed by atoms with Crippen LogP contribution in [0.1, 0.15) is 45.7 Å². The van der Waals surface area contributed by atoms with E-state index in [4.69, 9.17) is 4.74 Å². The van der Waals surface area contributed by atoms with Crippen LogP contribution >= 0.6 is 0 Å². The molecule has 0 N–H and O–H groups in total. The summed E-state index contributed by atoms with van der Waals surface area (Å²) in [5.74, 6) is -0.0313. The second kappa shape index (κ2) is 13.0. The third-order valence-electron chi connectivity index (χ3n) is 6.56. The summed E-state index contributed by atoms with van der Waals surface area (Å²) in [5.41, 5.74) is 5.33. The number of piperidine rings is 1. The number of carbonyl (C=O) groups is 2. The molecule has 0 unspecified atom stereocenters. The van der Waals surface area contributed by atoms with E-state index in [2.05, 4.69) is 61.8 Å². The number of anilines is 2. The van der Waals surface area contributed by atoms with Crippen LogP contribution in [0, 0.1) is 0 Å². The largest absolute Gasteiger partial charge is 0.450 e. The maximum Gasteiger partial charge on any atom is 0.410 e. The van der Waals surface area contributed by atoms with Crippen molar-refractivity contribution >= 4 is 35.4 Å². The van der Waals surface area contributed by atoms with Crippen molar-refractivity contribution in [2.45, 2.75) is 34.6 Å². The molecule has 0 aliphatic carbocycles. The number of Topliss-reactive ketones (excluding diaryl/α,β-unsaturated/α-hetero) is 1. The Morgan fingerprint density at radius 1 is 0.750 bits per heavy atom. The lowest BCUT2D eigenvalue weighted by Crippen LogP contribution is -2.41. The first-order valence-corrected chi connectivity index (χ1v) is 13.0. The Balaban J connectivity index is 1.91. The predicted octanol–water partition coefficient (Wildman–Crippen LogP) is 5.89. The van der Waals surface area contributed by atoms with Gasteiger partial charge in [-0.25, -0.2) is 4.79 Å². The van der Waals surface area contributed by atoms with Crippen molar-refractivity contribution in [1.29, 1.82) is 0 Å². The standard InChI is InChI=1S/C30H39N3O3/c1-6-31(7-2)27-15-11-23(12-16-27)19-25-21-33(30(35)36-10-5)22-26(29(25)34)20-24-13-17-28(18-14-24)32(8-3)9-4/h11-20H,6-10,21-22H2,1-5H3. The van der Waals surface area contributed by atoms with Gasteiger partial charge in [-0.15, -0.1) is 0 Å². The first kappa shape index (κ1) is 27.1. The highest BCUT2D eigenvalue weighted by molar-refractivity contribution is 6.15. The number of amides is 1. The molecule has 192 valence electrons. The highest BCUT2D eigenvalue weighted by atomic mass is 16.6. The SMILES string of the molecule is CCOC(=O)N1CC(=Cc2ccc(N(CC)CC)cc2)C(=O)C(=Cc2ccc(N(CC)CC)cc2)C1. The third-order valence-corrected chi connectivity index (χ3v) is 6.56. The van der Waals surface area contributed by atoms with Crippen molar-refractivity contribution in [3.05, 3.63) is 70.8 Å². The molecule has 0 radical (unpaired) electrons. The summed E-state index contributed by atoms with van der Waals surface area (Å²) in [6.45, 7) is 14.8. The number of hydrogen-bond donors (Lipinski definition) is 0. The van der Waals surface area contributed by atoms with E-state index in [0.29, 0.717) is 17.8 Å². The molecule has 0 saturated carbocycles. The number of likely N-dealkylation sites (tertiary alicyclic amines) is 1. The van der Waals surface area contributed by atoms with Crippen LogP contribution in [0.3, 0.4) is 0 Å². The molecular formula is C30H39N3O3. The Morgan fingerprint density at radius 3 is 1.47 bits per heavy atom. The first-order chi connectivity index (χ1) is 17.4. The summed E-state index contributed by atoms with van der Waals surface area (Å²) in [4.78, 5) is 32.2. The topological polar surface area (TPSA) is 53.1 Å². The molecule has 36 heavy (non-hydrogen) atoms. The molecule has 0 atom stereocenters. The van der Waals surface area contributed by atoms with Gasteiger partial charge in [-0.2, -0.15) is 0 Å². The van der Waals surface area contributed by atoms with Gasteiger partial charge in [-0.05, 0) is 82.2 Å². The fourth-order valence-corrected chi connectivity index (χ4v) is 4.53. The maximum atomic E-state index is 13.5. The zero-order valence-electron chi connectivity index (χ0n) is 22.3. The number of ketones is 1. The minimum absolute atomic E-state index is 0.0313. The molecule has 2 aromatic carbocycles. The van der Waals surface area contributed by atoms with Crippen molar-refractivity contribution in [2.75, 3.05) is 55.7 Å². The van der Waals surface area contributed by atoms with Gasteiger partial charge < -0.3 is 14.5 Å². The van der Waals surface area contributed by atoms with Crippen molar-refractivity contribution in [1.82, 2.24) is 4.90 Å². The molecule has 6 nitrogen and oxygen atoms in total. The Labute approximate surface area is 215 Å². The van der Waals surface area contributed by atoms with E-state index in [1.54, 1.807) is 11.8 Å². The molecule has 6 heteroatoms. The molecule has 1 aliphatic rings. The molecule has 0 bridgehead atoms. The van der Waals surface area contributed by atoms with Gasteiger partial charge in [-0.1, -0.05) is 24.3 Å². The summed E-state index contributed by atoms with van der Waals surface area (Å²) in [5, 5.41) is 0. The first-order valence-electron chi connectivity index (χ1n) is 13.0. The molecule has 3 rings (SSSR count). The van der Waals surface area contributed by atoms with Gasteiger partial charge in [0.05, 0.1) is 19.7 Å². The lowest BCUT2D eigenvalue weighted by molar-refractivity contribution is -0.113. The Bertz CT molecular complexity index is 1000. The second-order valence-corrected chi connectivity index (χ2v) is 8.75. The lowest BCUT2D eigenvalue weighted by atomic mass is 9.94. The highest BCUT2D eigenvalue weighted by Gasteiger charge is 2.29. The molecule has 1 fully saturated rings. The summed E-state index contributed by atoms with van der Waals surface area (Å²) in [6, 6.07) is 16.4. The van der Waals surface area contributed by atoms with Gasteiger partial charge >= 0.3 is 6.09 Å². The zero-order chi connectivity index (χ0) is 26.1. The number of rotatable bonds is 9. The zero-order valence-corrected chi connectivity index (χ0v) is 22.3. The average Bonchev–Trinajstić information content (AvgIpc) is 2.89. The summed E-state index contributed by atoms with van der Waals surface area (Å²) in [7, 11) is 0. The highest BCUT2D eigenvalue weighted by Crippen LogP contribution is 2.25. The van der Waals surface area contributed by atoms with E-state index in [1.807, 2.05) is 36.4 Å². The Hall–Kier alpha value is -3.54. The van der Waals surface area contributed by atoms with Crippen LogP contribution in [0.5, 0.6) is 0 Å². The molecular weight excluding hydrogens is 450 g/mol. The van der Waals surface area contributed by atoms with Crippen LogP contribution in [0.4, 0.5) is 16.2 Å². The molecule has 1 aliphatic heterocycles. The summed E-state index contributed by atoms with van der Waals surface area (Å²) in [6.07, 6.45) is 3.37. The monoisotopic (exact) mass is 489 g/mol. The van der Waals surface area contributed by atoms with Gasteiger partial charge in [0.2, 0.25) is 0 Å². The van der Waals surface area contributed by atoms with Crippen LogP contribution in [-0.2, 0) is 9.53 Å². The average molecular weight is 490 g/mol. The number of benzene rings is 2. The van der Waals surface area contributed by atoms with Gasteiger partial charge in [0.15, 0.2) is 5.78 Å². The smallest absolute Gasteiger partial charge is 0.410 e. The molecule has 1 heterocycles. The van der Waals surface area contributed by atoms with Gasteiger partial charge in [0.1, 0.15) is 0 Å². The van der Waals surface area contributed by atoms with Crippen molar-refractivity contribution in [3.63, 3.8) is 0 Å². The number of nitrogens with zero attached hydrogens (tertiary/aromatic N) is 3. The minimum atomic E-state index is -0.407. The quantitative estimate of drug-likeness (QED) is 0.411. The minimum Gasteiger partial charge on any atom is -0.450 e. The normalized spacial score (nSPS) is 15.9. The van der Waals surface area contributed by atoms with Gasteiger partial charge in [-0.3, -0.25) is 9.69 Å². The van der Waals surface area contributed by atoms with Crippen LogP contribution in [-0.4, -0.2) is 62.7 Å². The van der Waals surface area contributed by atoms with E-state index in [0.717, 1.165) is 48.7 Å². The van der Waals surface area contributed by atoms with E-state index >= 15 is 0 Å². The third kappa shape index (κ3) is 6.56. The van der Waals surface area contributed by atoms with Crippen LogP contribution in [0.2, 0.25) is 0 Å². The van der Waals surface area contributed by atoms with Gasteiger partial charge in [0, 0.05) is 48.7 Å². The number of ether oxygens (including phenoxy) is 1. The van der Waals surface area contributed by atoms with Crippen molar-refractivity contribution < 1.29 is 14.3 Å². The molecule has 1 amide bonds. The maximum absolute atomic E-state index is 13.5. The molecule has 1 saturated heterocycles. The van der Waals surface area contributed by atoms with E-state index in [-0.39, 0.29) is 18.9 Å². The van der Waals surface area contributed by atoms with Crippen molar-refractivity contribution in [3.8, 4) is 0 Å². The summed E-state index contributed by atoms with van der Waals surface area (Å²) >= 11 is 0. The van der Waals surface area contributed by atoms with Crippen LogP contribution < -0.4 is 9.80 Å². The molecule has 2 aromatic rings. The van der Waals surface area contributed by atoms with Crippen molar-refractivity contribution in [2.24, 2.45) is 0 Å². The predicted molar refractivity (Wildman–Crippen MR) is 150 cm³/mol. The van der Waals surface area contributed by atoms with Gasteiger partial charge in [0.25, 0.3) is 0 Å². The fraction of sp³-hybridized carbons (Fsp3) is 0.400. The summed E-state index contributed by atoms with van der Waals surface area (Å²) < 4.78 is 5.26.